The minimum atomic E-state index is -0.959. The van der Waals surface area contributed by atoms with Gasteiger partial charge in [-0.25, -0.2) is 0 Å². The molecule has 0 amide bonds. The number of esters is 1. The number of carbonyl (C=O) groups is 2. The van der Waals surface area contributed by atoms with Crippen LogP contribution in [0.1, 0.15) is 73.6 Å². The zero-order valence-electron chi connectivity index (χ0n) is 17.1. The van der Waals surface area contributed by atoms with E-state index in [1.54, 1.807) is 13.0 Å². The van der Waals surface area contributed by atoms with Crippen LogP contribution in [-0.2, 0) is 14.3 Å². The number of ketones is 1. The van der Waals surface area contributed by atoms with Crippen molar-refractivity contribution in [3.63, 3.8) is 0 Å². The molecule has 4 nitrogen and oxygen atoms in total. The molecule has 2 rings (SSSR count). The molecule has 0 aromatic heterocycles. The summed E-state index contributed by atoms with van der Waals surface area (Å²) in [7, 11) is 0. The number of allylic oxidation sites excluding steroid dienone is 1. The van der Waals surface area contributed by atoms with E-state index in [0.29, 0.717) is 18.4 Å². The van der Waals surface area contributed by atoms with Gasteiger partial charge in [-0.3, -0.25) is 9.59 Å². The van der Waals surface area contributed by atoms with Crippen molar-refractivity contribution in [2.24, 2.45) is 16.7 Å². The highest BCUT2D eigenvalue weighted by atomic mass is 16.5. The Morgan fingerprint density at radius 1 is 1.38 bits per heavy atom. The fraction of sp³-hybridized carbons (Fsp3) is 0.727. The lowest BCUT2D eigenvalue weighted by Gasteiger charge is -2.56. The molecule has 0 radical (unpaired) electrons. The van der Waals surface area contributed by atoms with Crippen LogP contribution in [0.3, 0.4) is 0 Å². The molecule has 2 aliphatic carbocycles. The Labute approximate surface area is 157 Å². The van der Waals surface area contributed by atoms with Crippen molar-refractivity contribution < 1.29 is 19.4 Å². The lowest BCUT2D eigenvalue weighted by molar-refractivity contribution is -0.167. The first kappa shape index (κ1) is 20.9. The summed E-state index contributed by atoms with van der Waals surface area (Å²) in [5.74, 6) is -0.531. The highest BCUT2D eigenvalue weighted by Crippen LogP contribution is 2.60. The zero-order valence-corrected chi connectivity index (χ0v) is 17.1. The average Bonchev–Trinajstić information content (AvgIpc) is 2.50. The summed E-state index contributed by atoms with van der Waals surface area (Å²) in [4.78, 5) is 24.8. The maximum atomic E-state index is 13.1. The van der Waals surface area contributed by atoms with E-state index in [-0.39, 0.29) is 22.5 Å². The minimum absolute atomic E-state index is 0.0486. The van der Waals surface area contributed by atoms with Crippen LogP contribution in [0.25, 0.3) is 0 Å². The van der Waals surface area contributed by atoms with Gasteiger partial charge < -0.3 is 9.84 Å². The van der Waals surface area contributed by atoms with Gasteiger partial charge in [-0.15, -0.1) is 6.58 Å². The second-order valence-corrected chi connectivity index (χ2v) is 9.30. The van der Waals surface area contributed by atoms with Gasteiger partial charge in [-0.2, -0.15) is 0 Å². The molecule has 4 unspecified atom stereocenters. The molecule has 0 aromatic rings. The van der Waals surface area contributed by atoms with Gasteiger partial charge in [0.25, 0.3) is 0 Å². The molecule has 1 N–H and O–H groups in total. The number of Topliss-reactive ketones (excluding diaryl/α,β-unsaturated/α-hetero) is 1. The Hall–Kier alpha value is -1.42. The Morgan fingerprint density at radius 3 is 2.54 bits per heavy atom. The second-order valence-electron chi connectivity index (χ2n) is 9.30. The van der Waals surface area contributed by atoms with E-state index >= 15 is 0 Å². The molecule has 1 saturated carbocycles. The summed E-state index contributed by atoms with van der Waals surface area (Å²) in [5.41, 5.74) is 0.546. The Kier molecular flexibility index (Phi) is 5.59. The van der Waals surface area contributed by atoms with Crippen molar-refractivity contribution in [1.29, 1.82) is 0 Å². The molecule has 4 heteroatoms. The molecule has 4 atom stereocenters. The zero-order chi connectivity index (χ0) is 19.9. The lowest BCUT2D eigenvalue weighted by atomic mass is 9.48. The number of rotatable bonds is 5. The number of carbonyl (C=O) groups excluding carboxylic acids is 2. The van der Waals surface area contributed by atoms with Gasteiger partial charge >= 0.3 is 5.97 Å². The molecule has 0 aromatic carbocycles. The average molecular weight is 363 g/mol. The Balaban J connectivity index is 2.53. The van der Waals surface area contributed by atoms with Crippen LogP contribution >= 0.6 is 0 Å². The summed E-state index contributed by atoms with van der Waals surface area (Å²) in [6.45, 7) is 15.2. The molecule has 0 bridgehead atoms. The van der Waals surface area contributed by atoms with Crippen molar-refractivity contribution in [1.82, 2.24) is 0 Å². The lowest BCUT2D eigenvalue weighted by Crippen LogP contribution is -2.56. The SMILES string of the molecule is C=CC(C)(O)CCC1=C(C)C(=O)C(OC(C)=O)C2C(C)(C)CCCC12C. The van der Waals surface area contributed by atoms with Gasteiger partial charge in [-0.1, -0.05) is 38.8 Å². The van der Waals surface area contributed by atoms with Crippen LogP contribution in [0.15, 0.2) is 23.8 Å². The van der Waals surface area contributed by atoms with Gasteiger partial charge in [0.2, 0.25) is 0 Å². The first-order valence-electron chi connectivity index (χ1n) is 9.63. The fourth-order valence-corrected chi connectivity index (χ4v) is 5.36. The van der Waals surface area contributed by atoms with Crippen molar-refractivity contribution in [3.05, 3.63) is 23.8 Å². The van der Waals surface area contributed by atoms with Crippen LogP contribution in [-0.4, -0.2) is 28.6 Å². The first-order chi connectivity index (χ1) is 11.9. The number of aliphatic hydroxyl groups is 1. The van der Waals surface area contributed by atoms with Crippen molar-refractivity contribution >= 4 is 11.8 Å². The van der Waals surface area contributed by atoms with Gasteiger partial charge in [0.15, 0.2) is 11.9 Å². The van der Waals surface area contributed by atoms with Crippen LogP contribution in [0, 0.1) is 16.7 Å². The number of hydrogen-bond donors (Lipinski definition) is 1. The van der Waals surface area contributed by atoms with E-state index in [4.69, 9.17) is 4.74 Å². The summed E-state index contributed by atoms with van der Waals surface area (Å²) < 4.78 is 5.57. The predicted molar refractivity (Wildman–Crippen MR) is 103 cm³/mol. The summed E-state index contributed by atoms with van der Waals surface area (Å²) in [5, 5.41) is 10.4. The molecule has 2 aliphatic rings. The Bertz CT molecular complexity index is 641. The smallest absolute Gasteiger partial charge is 0.303 e. The fourth-order valence-electron chi connectivity index (χ4n) is 5.36. The van der Waals surface area contributed by atoms with E-state index in [9.17, 15) is 14.7 Å². The molecule has 146 valence electrons. The third-order valence-corrected chi connectivity index (χ3v) is 6.73. The number of fused-ring (bicyclic) bond motifs is 1. The van der Waals surface area contributed by atoms with E-state index < -0.39 is 17.7 Å². The van der Waals surface area contributed by atoms with E-state index in [0.717, 1.165) is 24.8 Å². The third-order valence-electron chi connectivity index (χ3n) is 6.73. The van der Waals surface area contributed by atoms with Crippen LogP contribution in [0.4, 0.5) is 0 Å². The monoisotopic (exact) mass is 362 g/mol. The summed E-state index contributed by atoms with van der Waals surface area (Å²) in [6, 6.07) is 0. The van der Waals surface area contributed by atoms with Crippen LogP contribution in [0.2, 0.25) is 0 Å². The standard InChI is InChI=1S/C22H34O4/c1-8-21(6,25)13-10-16-14(2)17(24)18(26-15(3)23)19-20(4,5)11-9-12-22(16,19)7/h8,18-19,25H,1,9-13H2,2-7H3. The second kappa shape index (κ2) is 6.95. The van der Waals surface area contributed by atoms with E-state index in [1.807, 2.05) is 6.92 Å². The van der Waals surface area contributed by atoms with E-state index in [2.05, 4.69) is 27.4 Å². The maximum absolute atomic E-state index is 13.1. The number of ether oxygens (including phenoxy) is 1. The molecular weight excluding hydrogens is 328 g/mol. The van der Waals surface area contributed by atoms with Gasteiger partial charge in [0, 0.05) is 12.8 Å². The summed E-state index contributed by atoms with van der Waals surface area (Å²) >= 11 is 0. The Morgan fingerprint density at radius 2 is 2.00 bits per heavy atom. The van der Waals surface area contributed by atoms with Crippen molar-refractivity contribution in [2.75, 3.05) is 0 Å². The van der Waals surface area contributed by atoms with Crippen LogP contribution < -0.4 is 0 Å². The quantitative estimate of drug-likeness (QED) is 0.583. The minimum Gasteiger partial charge on any atom is -0.454 e. The largest absolute Gasteiger partial charge is 0.454 e. The topological polar surface area (TPSA) is 63.6 Å². The van der Waals surface area contributed by atoms with Gasteiger partial charge in [0.05, 0.1) is 5.60 Å². The van der Waals surface area contributed by atoms with Crippen molar-refractivity contribution in [3.8, 4) is 0 Å². The highest BCUT2D eigenvalue weighted by molar-refractivity contribution is 6.01. The normalized spacial score (nSPS) is 33.3. The summed E-state index contributed by atoms with van der Waals surface area (Å²) in [6.07, 6.45) is 5.07. The molecule has 1 fully saturated rings. The van der Waals surface area contributed by atoms with Gasteiger partial charge in [0.1, 0.15) is 0 Å². The molecular formula is C22H34O4. The predicted octanol–water partition coefficient (Wildman–Crippen LogP) is 4.37. The first-order valence-corrected chi connectivity index (χ1v) is 9.63. The molecule has 26 heavy (non-hydrogen) atoms. The maximum Gasteiger partial charge on any atom is 0.303 e. The molecule has 0 spiro atoms. The third kappa shape index (κ3) is 3.66. The van der Waals surface area contributed by atoms with Crippen LogP contribution in [0.5, 0.6) is 0 Å². The van der Waals surface area contributed by atoms with Crippen molar-refractivity contribution in [2.45, 2.75) is 85.4 Å². The molecule has 0 aliphatic heterocycles. The van der Waals surface area contributed by atoms with Gasteiger partial charge in [-0.05, 0) is 55.9 Å². The highest BCUT2D eigenvalue weighted by Gasteiger charge is 2.58. The molecule has 0 saturated heterocycles. The number of hydrogen-bond acceptors (Lipinski definition) is 4. The molecule has 0 heterocycles. The van der Waals surface area contributed by atoms with E-state index in [1.165, 1.54) is 6.92 Å².